The minimum absolute atomic E-state index is 0.469. The lowest BCUT2D eigenvalue weighted by atomic mass is 9.92. The van der Waals surface area contributed by atoms with E-state index < -0.39 is 84.0 Å². The van der Waals surface area contributed by atoms with Gasteiger partial charge < -0.3 is 8.23 Å². The topological polar surface area (TPSA) is 18.5 Å². The third kappa shape index (κ3) is 6.01. The van der Waals surface area contributed by atoms with Crippen molar-refractivity contribution in [2.45, 2.75) is 87.3 Å². The van der Waals surface area contributed by atoms with Crippen LogP contribution in [-0.2, 0) is 8.23 Å². The molecular formula is C22H28F14O2Si3. The van der Waals surface area contributed by atoms with E-state index in [1.165, 1.54) is 0 Å². The molecule has 1 aromatic rings. The van der Waals surface area contributed by atoms with Crippen molar-refractivity contribution in [3.63, 3.8) is 0 Å². The van der Waals surface area contributed by atoms with Gasteiger partial charge in [0.05, 0.1) is 0 Å². The molecule has 238 valence electrons. The van der Waals surface area contributed by atoms with Crippen molar-refractivity contribution in [3.8, 4) is 0 Å². The maximum absolute atomic E-state index is 16.2. The highest BCUT2D eigenvalue weighted by atomic mass is 28.5. The number of rotatable bonds is 13. The highest BCUT2D eigenvalue weighted by Gasteiger charge is 2.95. The predicted molar refractivity (Wildman–Crippen MR) is 131 cm³/mol. The number of halogens is 14. The first-order chi connectivity index (χ1) is 17.7. The fourth-order valence-electron chi connectivity index (χ4n) is 3.54. The van der Waals surface area contributed by atoms with Crippen LogP contribution in [0.15, 0.2) is 30.8 Å². The lowest BCUT2D eigenvalue weighted by Gasteiger charge is -2.49. The number of benzene rings is 1. The van der Waals surface area contributed by atoms with Crippen LogP contribution in [0.4, 0.5) is 61.5 Å². The first kappa shape index (κ1) is 37.6. The Morgan fingerprint density at radius 1 is 0.585 bits per heavy atom. The van der Waals surface area contributed by atoms with Crippen LogP contribution in [0.2, 0.25) is 39.3 Å². The average molecular weight is 675 g/mol. The Kier molecular flexibility index (Phi) is 9.73. The van der Waals surface area contributed by atoms with Crippen LogP contribution < -0.4 is 5.19 Å². The second-order valence-corrected chi connectivity index (χ2v) is 23.7. The van der Waals surface area contributed by atoms with Gasteiger partial charge in [0.2, 0.25) is 0 Å². The third-order valence-electron chi connectivity index (χ3n) is 5.37. The molecular weight excluding hydrogens is 646 g/mol. The zero-order valence-electron chi connectivity index (χ0n) is 22.7. The van der Waals surface area contributed by atoms with Crippen LogP contribution in [0, 0.1) is 0 Å². The van der Waals surface area contributed by atoms with Crippen LogP contribution >= 0.6 is 0 Å². The van der Waals surface area contributed by atoms with Crippen LogP contribution in [0.1, 0.15) is 12.5 Å². The molecule has 0 N–H and O–H groups in total. The Morgan fingerprint density at radius 3 is 1.27 bits per heavy atom. The lowest BCUT2D eigenvalue weighted by molar-refractivity contribution is -0.435. The summed E-state index contributed by atoms with van der Waals surface area (Å²) in [6.45, 7) is 8.87. The summed E-state index contributed by atoms with van der Waals surface area (Å²) in [6, 6.07) is 3.76. The molecule has 0 atom stereocenters. The van der Waals surface area contributed by atoms with Crippen molar-refractivity contribution in [1.29, 1.82) is 0 Å². The second kappa shape index (κ2) is 10.6. The van der Waals surface area contributed by atoms with Gasteiger partial charge in [-0.1, -0.05) is 36.9 Å². The highest BCUT2D eigenvalue weighted by molar-refractivity contribution is 6.96. The molecule has 1 aromatic carbocycles. The Bertz CT molecular complexity index is 1090. The molecule has 0 fully saturated rings. The maximum Gasteiger partial charge on any atom is 0.436 e. The predicted octanol–water partition coefficient (Wildman–Crippen LogP) is 8.69. The SMILES string of the molecule is C=Cc1ccccc1[Si](O[Si](C)(C)C)(O[Si](C)(C)C)C(F)(F)C(F)(F)C(F)(F)C(F)(F)C(F)(F)C(F)(F)C(C)(F)F. The van der Waals surface area contributed by atoms with Gasteiger partial charge in [-0.3, -0.25) is 0 Å². The van der Waals surface area contributed by atoms with E-state index in [-0.39, 0.29) is 0 Å². The number of hydrogen-bond donors (Lipinski definition) is 0. The average Bonchev–Trinajstić information content (AvgIpc) is 2.74. The molecule has 41 heavy (non-hydrogen) atoms. The lowest BCUT2D eigenvalue weighted by Crippen LogP contribution is -2.82. The Balaban J connectivity index is 4.29. The summed E-state index contributed by atoms with van der Waals surface area (Å²) in [5.41, 5.74) is -7.10. The molecule has 1 rings (SSSR count). The molecule has 0 bridgehead atoms. The summed E-state index contributed by atoms with van der Waals surface area (Å²) in [6.07, 6.45) is 0.789. The van der Waals surface area contributed by atoms with Crippen LogP contribution in [0.5, 0.6) is 0 Å². The minimum Gasteiger partial charge on any atom is -0.430 e. The van der Waals surface area contributed by atoms with Crippen LogP contribution in [0.25, 0.3) is 6.08 Å². The largest absolute Gasteiger partial charge is 0.436 e. The molecule has 0 unspecified atom stereocenters. The van der Waals surface area contributed by atoms with E-state index in [1.54, 1.807) is 0 Å². The maximum atomic E-state index is 16.2. The molecule has 0 aliphatic carbocycles. The zero-order valence-corrected chi connectivity index (χ0v) is 25.7. The summed E-state index contributed by atoms with van der Waals surface area (Å²) in [4.78, 5) is 0. The summed E-state index contributed by atoms with van der Waals surface area (Å²) < 4.78 is 214. The minimum atomic E-state index is -8.17. The monoisotopic (exact) mass is 674 g/mol. The van der Waals surface area contributed by atoms with E-state index in [2.05, 4.69) is 6.58 Å². The first-order valence-corrected chi connectivity index (χ1v) is 20.1. The molecule has 0 aliphatic heterocycles. The van der Waals surface area contributed by atoms with E-state index >= 15 is 17.6 Å². The van der Waals surface area contributed by atoms with Gasteiger partial charge in [0.25, 0.3) is 0 Å². The van der Waals surface area contributed by atoms with Gasteiger partial charge in [0.15, 0.2) is 16.6 Å². The molecule has 0 saturated heterocycles. The molecule has 2 nitrogen and oxygen atoms in total. The smallest absolute Gasteiger partial charge is 0.430 e. The van der Waals surface area contributed by atoms with E-state index in [0.29, 0.717) is 6.07 Å². The quantitative estimate of drug-likeness (QED) is 0.154. The molecule has 0 amide bonds. The van der Waals surface area contributed by atoms with E-state index in [9.17, 15) is 43.9 Å². The normalized spacial score (nSPS) is 15.7. The molecule has 0 aromatic heterocycles. The molecule has 0 spiro atoms. The Morgan fingerprint density at radius 2 is 0.927 bits per heavy atom. The van der Waals surface area contributed by atoms with Gasteiger partial charge in [0, 0.05) is 12.1 Å². The number of alkyl halides is 14. The summed E-state index contributed by atoms with van der Waals surface area (Å²) in [5, 5.41) is -1.03. The summed E-state index contributed by atoms with van der Waals surface area (Å²) >= 11 is 0. The summed E-state index contributed by atoms with van der Waals surface area (Å²) in [5.74, 6) is -45.5. The standard InChI is InChI=1S/C22H28F14O2Si3/c1-9-14-12-10-11-13-15(14)41(37-39(3,4)5,38-40(6,7)8)22(35,36)21(33,34)20(31,32)19(29,30)18(27,28)17(25,26)16(2,23)24/h9-13H,1H2,2-8H3. The van der Waals surface area contributed by atoms with Gasteiger partial charge in [0.1, 0.15) is 0 Å². The van der Waals surface area contributed by atoms with E-state index in [0.717, 1.165) is 63.6 Å². The first-order valence-electron chi connectivity index (χ1n) is 11.5. The highest BCUT2D eigenvalue weighted by Crippen LogP contribution is 2.63. The van der Waals surface area contributed by atoms with Crippen LogP contribution in [0.3, 0.4) is 0 Å². The molecule has 19 heteroatoms. The second-order valence-electron chi connectivity index (χ2n) is 11.2. The van der Waals surface area contributed by atoms with Crippen molar-refractivity contribution < 1.29 is 69.7 Å². The van der Waals surface area contributed by atoms with Crippen LogP contribution in [-0.4, -0.2) is 66.3 Å². The van der Waals surface area contributed by atoms with Crippen molar-refractivity contribution in [2.24, 2.45) is 0 Å². The summed E-state index contributed by atoms with van der Waals surface area (Å²) in [7, 11) is -14.0. The zero-order chi connectivity index (χ0) is 33.1. The molecule has 0 aliphatic rings. The van der Waals surface area contributed by atoms with Gasteiger partial charge in [-0.05, 0) is 44.8 Å². The fraction of sp³-hybridized carbons (Fsp3) is 0.636. The van der Waals surface area contributed by atoms with Gasteiger partial charge in [-0.15, -0.1) is 0 Å². The number of hydrogen-bond acceptors (Lipinski definition) is 2. The fourth-order valence-corrected chi connectivity index (χ4v) is 14.7. The van der Waals surface area contributed by atoms with Crippen molar-refractivity contribution in [1.82, 2.24) is 0 Å². The Hall–Kier alpha value is -1.45. The van der Waals surface area contributed by atoms with Crippen molar-refractivity contribution in [2.75, 3.05) is 0 Å². The Labute approximate surface area is 230 Å². The van der Waals surface area contributed by atoms with Crippen molar-refractivity contribution in [3.05, 3.63) is 36.4 Å². The molecule has 0 radical (unpaired) electrons. The van der Waals surface area contributed by atoms with E-state index in [4.69, 9.17) is 8.23 Å². The third-order valence-corrected chi connectivity index (χ3v) is 14.9. The van der Waals surface area contributed by atoms with Gasteiger partial charge >= 0.3 is 49.6 Å². The van der Waals surface area contributed by atoms with Crippen molar-refractivity contribution >= 4 is 36.5 Å². The van der Waals surface area contributed by atoms with E-state index in [1.807, 2.05) is 0 Å². The van der Waals surface area contributed by atoms with Gasteiger partial charge in [-0.25, -0.2) is 0 Å². The molecule has 0 heterocycles. The molecule has 0 saturated carbocycles. The van der Waals surface area contributed by atoms with Gasteiger partial charge in [-0.2, -0.15) is 61.5 Å².